The molecule has 3 rings (SSSR count). The van der Waals surface area contributed by atoms with Gasteiger partial charge in [0.2, 0.25) is 5.88 Å². The third-order valence-electron chi connectivity index (χ3n) is 4.12. The highest BCUT2D eigenvalue weighted by Gasteiger charge is 2.16. The molecule has 1 amide bonds. The molecule has 0 saturated carbocycles. The first-order valence-electron chi connectivity index (χ1n) is 7.78. The zero-order chi connectivity index (χ0) is 18.0. The second-order valence-electron chi connectivity index (χ2n) is 5.66. The van der Waals surface area contributed by atoms with E-state index >= 15 is 0 Å². The van der Waals surface area contributed by atoms with Crippen LogP contribution in [-0.4, -0.2) is 28.2 Å². The van der Waals surface area contributed by atoms with Crippen molar-refractivity contribution in [2.45, 2.75) is 20.4 Å². The molecule has 0 spiro atoms. The molecule has 0 aliphatic carbocycles. The van der Waals surface area contributed by atoms with E-state index in [1.54, 1.807) is 27.0 Å². The van der Waals surface area contributed by atoms with Crippen LogP contribution in [-0.2, 0) is 6.54 Å². The molecule has 0 aliphatic heterocycles. The lowest BCUT2D eigenvalue weighted by Gasteiger charge is -2.11. The van der Waals surface area contributed by atoms with Gasteiger partial charge < -0.3 is 10.1 Å². The van der Waals surface area contributed by atoms with E-state index in [1.165, 1.54) is 0 Å². The zero-order valence-corrected chi connectivity index (χ0v) is 14.2. The molecular weight excluding hydrogens is 320 g/mol. The van der Waals surface area contributed by atoms with Crippen molar-refractivity contribution in [2.75, 3.05) is 7.11 Å². The predicted molar refractivity (Wildman–Crippen MR) is 93.8 cm³/mol. The van der Waals surface area contributed by atoms with E-state index in [2.05, 4.69) is 20.5 Å². The Morgan fingerprint density at radius 3 is 2.80 bits per heavy atom. The number of aryl methyl sites for hydroxylation is 1. The van der Waals surface area contributed by atoms with Crippen LogP contribution in [0.4, 0.5) is 0 Å². The minimum Gasteiger partial charge on any atom is -0.481 e. The van der Waals surface area contributed by atoms with Crippen LogP contribution in [0.5, 0.6) is 5.88 Å². The lowest BCUT2D eigenvalue weighted by molar-refractivity contribution is 0.0948. The minimum absolute atomic E-state index is 0.0813. The normalized spacial score (nSPS) is 10.7. The van der Waals surface area contributed by atoms with Crippen molar-refractivity contribution in [1.82, 2.24) is 20.5 Å². The number of rotatable bonds is 4. The Hall–Kier alpha value is -3.22. The number of carbonyl (C=O) groups excluding carboxylic acids is 1. The predicted octanol–water partition coefficient (Wildman–Crippen LogP) is 1.87. The number of nitrogens with zero attached hydrogens (tertiary/aromatic N) is 2. The standard InChI is InChI=1S/C18H18N4O3/c1-10-11(2)21-22-18(24)16(10)17(23)19-9-12-8-15(25-3)20-14-7-5-4-6-13(12)14/h4-8H,9H2,1-3H3,(H,19,23)(H,22,24). The molecule has 0 unspecified atom stereocenters. The summed E-state index contributed by atoms with van der Waals surface area (Å²) in [5.74, 6) is 0.0286. The average Bonchev–Trinajstić information content (AvgIpc) is 2.62. The number of hydrogen-bond donors (Lipinski definition) is 2. The Labute approximate surface area is 144 Å². The maximum Gasteiger partial charge on any atom is 0.277 e. The topological polar surface area (TPSA) is 97.0 Å². The third kappa shape index (κ3) is 3.21. The smallest absolute Gasteiger partial charge is 0.277 e. The molecule has 7 nitrogen and oxygen atoms in total. The number of pyridine rings is 1. The monoisotopic (exact) mass is 338 g/mol. The van der Waals surface area contributed by atoms with Gasteiger partial charge in [-0.15, -0.1) is 0 Å². The molecule has 2 N–H and O–H groups in total. The van der Waals surface area contributed by atoms with Gasteiger partial charge in [0.1, 0.15) is 5.56 Å². The van der Waals surface area contributed by atoms with E-state index in [0.717, 1.165) is 16.5 Å². The molecule has 0 bridgehead atoms. The molecule has 7 heteroatoms. The number of methoxy groups -OCH3 is 1. The van der Waals surface area contributed by atoms with Crippen LogP contribution in [0.15, 0.2) is 35.1 Å². The first-order chi connectivity index (χ1) is 12.0. The summed E-state index contributed by atoms with van der Waals surface area (Å²) in [6.45, 7) is 3.69. The van der Waals surface area contributed by atoms with Crippen LogP contribution in [0.1, 0.15) is 27.2 Å². The number of carbonyl (C=O) groups is 1. The van der Waals surface area contributed by atoms with Crippen LogP contribution in [0.2, 0.25) is 0 Å². The number of fused-ring (bicyclic) bond motifs is 1. The Morgan fingerprint density at radius 2 is 2.04 bits per heavy atom. The molecule has 0 fully saturated rings. The van der Waals surface area contributed by atoms with E-state index in [4.69, 9.17) is 4.74 Å². The van der Waals surface area contributed by atoms with E-state index in [9.17, 15) is 9.59 Å². The summed E-state index contributed by atoms with van der Waals surface area (Å²) >= 11 is 0. The second-order valence-corrected chi connectivity index (χ2v) is 5.66. The SMILES string of the molecule is COc1cc(CNC(=O)c2c(C)c(C)n[nH]c2=O)c2ccccc2n1. The maximum absolute atomic E-state index is 12.5. The van der Waals surface area contributed by atoms with Crippen molar-refractivity contribution in [2.24, 2.45) is 0 Å². The zero-order valence-electron chi connectivity index (χ0n) is 14.2. The van der Waals surface area contributed by atoms with Crippen molar-refractivity contribution in [3.05, 3.63) is 63.1 Å². The van der Waals surface area contributed by atoms with Crippen LogP contribution in [0.25, 0.3) is 10.9 Å². The van der Waals surface area contributed by atoms with Gasteiger partial charge in [-0.3, -0.25) is 9.59 Å². The Kier molecular flexibility index (Phi) is 4.47. The molecule has 2 heterocycles. The molecular formula is C18H18N4O3. The molecule has 2 aromatic heterocycles. The quantitative estimate of drug-likeness (QED) is 0.757. The summed E-state index contributed by atoms with van der Waals surface area (Å²) in [4.78, 5) is 28.8. The number of aromatic nitrogens is 3. The highest BCUT2D eigenvalue weighted by molar-refractivity contribution is 5.95. The number of hydrogen-bond acceptors (Lipinski definition) is 5. The van der Waals surface area contributed by atoms with Gasteiger partial charge in [-0.25, -0.2) is 10.1 Å². The summed E-state index contributed by atoms with van der Waals surface area (Å²) in [6, 6.07) is 9.38. The van der Waals surface area contributed by atoms with Gasteiger partial charge in [0.15, 0.2) is 0 Å². The van der Waals surface area contributed by atoms with Crippen LogP contribution < -0.4 is 15.6 Å². The lowest BCUT2D eigenvalue weighted by atomic mass is 10.1. The minimum atomic E-state index is -0.502. The van der Waals surface area contributed by atoms with E-state index in [1.807, 2.05) is 24.3 Å². The van der Waals surface area contributed by atoms with Crippen molar-refractivity contribution in [1.29, 1.82) is 0 Å². The molecule has 0 atom stereocenters. The Bertz CT molecular complexity index is 1010. The van der Waals surface area contributed by atoms with Gasteiger partial charge in [0.05, 0.1) is 18.3 Å². The van der Waals surface area contributed by atoms with Crippen molar-refractivity contribution < 1.29 is 9.53 Å². The fourth-order valence-corrected chi connectivity index (χ4v) is 2.63. The van der Waals surface area contributed by atoms with Gasteiger partial charge in [0.25, 0.3) is 11.5 Å². The number of aromatic amines is 1. The van der Waals surface area contributed by atoms with Crippen LogP contribution in [0, 0.1) is 13.8 Å². The average molecular weight is 338 g/mol. The molecule has 128 valence electrons. The van der Waals surface area contributed by atoms with E-state index in [0.29, 0.717) is 17.1 Å². The second kappa shape index (κ2) is 6.72. The molecule has 3 aromatic rings. The molecule has 25 heavy (non-hydrogen) atoms. The summed E-state index contributed by atoms with van der Waals surface area (Å²) in [5, 5.41) is 9.91. The highest BCUT2D eigenvalue weighted by Crippen LogP contribution is 2.21. The fraction of sp³-hybridized carbons (Fsp3) is 0.222. The molecule has 0 saturated heterocycles. The molecule has 1 aromatic carbocycles. The first kappa shape index (κ1) is 16.6. The summed E-state index contributed by atoms with van der Waals surface area (Å²) in [5.41, 5.74) is 2.39. The Balaban J connectivity index is 1.92. The summed E-state index contributed by atoms with van der Waals surface area (Å²) < 4.78 is 5.22. The maximum atomic E-state index is 12.5. The first-order valence-corrected chi connectivity index (χ1v) is 7.78. The fourth-order valence-electron chi connectivity index (χ4n) is 2.63. The van der Waals surface area contributed by atoms with E-state index < -0.39 is 11.5 Å². The molecule has 0 radical (unpaired) electrons. The van der Waals surface area contributed by atoms with Crippen molar-refractivity contribution in [3.8, 4) is 5.88 Å². The summed E-state index contributed by atoms with van der Waals surface area (Å²) in [6.07, 6.45) is 0. The van der Waals surface area contributed by atoms with Gasteiger partial charge in [-0.2, -0.15) is 5.10 Å². The third-order valence-corrected chi connectivity index (χ3v) is 4.12. The summed E-state index contributed by atoms with van der Waals surface area (Å²) in [7, 11) is 1.54. The Morgan fingerprint density at radius 1 is 1.28 bits per heavy atom. The number of amides is 1. The van der Waals surface area contributed by atoms with Gasteiger partial charge in [-0.05, 0) is 31.0 Å². The number of benzene rings is 1. The lowest BCUT2D eigenvalue weighted by Crippen LogP contribution is -2.31. The van der Waals surface area contributed by atoms with Gasteiger partial charge in [-0.1, -0.05) is 18.2 Å². The highest BCUT2D eigenvalue weighted by atomic mass is 16.5. The van der Waals surface area contributed by atoms with Gasteiger partial charge in [0, 0.05) is 18.0 Å². The number of nitrogens with one attached hydrogen (secondary N) is 2. The van der Waals surface area contributed by atoms with Crippen molar-refractivity contribution in [3.63, 3.8) is 0 Å². The largest absolute Gasteiger partial charge is 0.481 e. The van der Waals surface area contributed by atoms with Crippen LogP contribution >= 0.6 is 0 Å². The molecule has 0 aliphatic rings. The number of ether oxygens (including phenoxy) is 1. The number of H-pyrrole nitrogens is 1. The number of para-hydroxylation sites is 1. The van der Waals surface area contributed by atoms with E-state index in [-0.39, 0.29) is 12.1 Å². The van der Waals surface area contributed by atoms with Gasteiger partial charge >= 0.3 is 0 Å². The van der Waals surface area contributed by atoms with Crippen molar-refractivity contribution >= 4 is 16.8 Å². The van der Waals surface area contributed by atoms with Crippen LogP contribution in [0.3, 0.4) is 0 Å².